The third-order valence-corrected chi connectivity index (χ3v) is 2.89. The van der Waals surface area contributed by atoms with E-state index in [0.29, 0.717) is 16.6 Å². The summed E-state index contributed by atoms with van der Waals surface area (Å²) in [5, 5.41) is 9.94. The van der Waals surface area contributed by atoms with Gasteiger partial charge in [-0.15, -0.1) is 0 Å². The van der Waals surface area contributed by atoms with Gasteiger partial charge in [-0.25, -0.2) is 0 Å². The minimum Gasteiger partial charge on any atom is -0.506 e. The number of aromatic hydroxyl groups is 1. The van der Waals surface area contributed by atoms with Crippen LogP contribution in [-0.4, -0.2) is 17.7 Å². The first kappa shape index (κ1) is 14.3. The van der Waals surface area contributed by atoms with Gasteiger partial charge in [0.1, 0.15) is 5.75 Å². The quantitative estimate of drug-likeness (QED) is 0.836. The molecule has 0 saturated heterocycles. The third-order valence-electron chi connectivity index (χ3n) is 2.15. The van der Waals surface area contributed by atoms with Crippen LogP contribution in [0.5, 0.6) is 5.75 Å². The largest absolute Gasteiger partial charge is 0.506 e. The van der Waals surface area contributed by atoms with Crippen molar-refractivity contribution in [2.24, 2.45) is 5.73 Å². The average Bonchev–Trinajstić information content (AvgIpc) is 2.23. The molecule has 1 atom stereocenters. The van der Waals surface area contributed by atoms with E-state index in [4.69, 9.17) is 22.1 Å². The highest BCUT2D eigenvalue weighted by atomic mass is 79.9. The molecule has 0 bridgehead atoms. The van der Waals surface area contributed by atoms with E-state index in [9.17, 15) is 9.90 Å². The maximum Gasteiger partial charge on any atom is 0.307 e. The van der Waals surface area contributed by atoms with Crippen molar-refractivity contribution in [2.45, 2.75) is 19.4 Å². The molecule has 0 heterocycles. The molecule has 0 aliphatic heterocycles. The van der Waals surface area contributed by atoms with Gasteiger partial charge in [0.2, 0.25) is 0 Å². The van der Waals surface area contributed by atoms with Crippen LogP contribution in [0.2, 0.25) is 5.02 Å². The van der Waals surface area contributed by atoms with Crippen LogP contribution >= 0.6 is 27.5 Å². The smallest absolute Gasteiger partial charge is 0.307 e. The van der Waals surface area contributed by atoms with E-state index >= 15 is 0 Å². The summed E-state index contributed by atoms with van der Waals surface area (Å²) in [5.41, 5.74) is 6.24. The molecular weight excluding hydrogens is 309 g/mol. The fraction of sp³-hybridized carbons (Fsp3) is 0.364. The molecule has 1 rings (SSSR count). The highest BCUT2D eigenvalue weighted by Crippen LogP contribution is 2.35. The van der Waals surface area contributed by atoms with Crippen molar-refractivity contribution in [2.75, 3.05) is 6.61 Å². The van der Waals surface area contributed by atoms with Gasteiger partial charge < -0.3 is 15.6 Å². The summed E-state index contributed by atoms with van der Waals surface area (Å²) in [6.07, 6.45) is -0.00577. The van der Waals surface area contributed by atoms with Gasteiger partial charge >= 0.3 is 5.97 Å². The Morgan fingerprint density at radius 3 is 2.88 bits per heavy atom. The van der Waals surface area contributed by atoms with Crippen LogP contribution in [0.4, 0.5) is 0 Å². The standard InChI is InChI=1S/C11H13BrClNO3/c1-2-17-10(15)5-9(14)7-3-6(12)4-8(13)11(7)16/h3-4,9,16H,2,5,14H2,1H3. The average molecular weight is 323 g/mol. The number of esters is 1. The summed E-state index contributed by atoms with van der Waals surface area (Å²) in [5.74, 6) is -0.512. The third kappa shape index (κ3) is 3.87. The summed E-state index contributed by atoms with van der Waals surface area (Å²) in [4.78, 5) is 11.3. The maximum atomic E-state index is 11.3. The molecule has 1 aromatic carbocycles. The van der Waals surface area contributed by atoms with Crippen LogP contribution in [-0.2, 0) is 9.53 Å². The molecule has 0 aliphatic rings. The second-order valence-electron chi connectivity index (χ2n) is 3.44. The molecule has 17 heavy (non-hydrogen) atoms. The Morgan fingerprint density at radius 2 is 2.29 bits per heavy atom. The molecule has 3 N–H and O–H groups in total. The lowest BCUT2D eigenvalue weighted by Crippen LogP contribution is -2.17. The molecule has 0 spiro atoms. The molecule has 0 aliphatic carbocycles. The van der Waals surface area contributed by atoms with Gasteiger partial charge in [0.15, 0.2) is 0 Å². The fourth-order valence-corrected chi connectivity index (χ4v) is 2.21. The number of hydrogen-bond acceptors (Lipinski definition) is 4. The number of carbonyl (C=O) groups excluding carboxylic acids is 1. The number of carbonyl (C=O) groups is 1. The van der Waals surface area contributed by atoms with Crippen molar-refractivity contribution in [1.82, 2.24) is 0 Å². The Balaban J connectivity index is 2.88. The van der Waals surface area contributed by atoms with Gasteiger partial charge in [0.25, 0.3) is 0 Å². The molecule has 0 amide bonds. The van der Waals surface area contributed by atoms with E-state index < -0.39 is 12.0 Å². The number of rotatable bonds is 4. The fourth-order valence-electron chi connectivity index (χ4n) is 1.38. The van der Waals surface area contributed by atoms with E-state index in [0.717, 1.165) is 0 Å². The zero-order valence-corrected chi connectivity index (χ0v) is 11.6. The summed E-state index contributed by atoms with van der Waals surface area (Å²) in [7, 11) is 0. The van der Waals surface area contributed by atoms with Crippen molar-refractivity contribution in [3.63, 3.8) is 0 Å². The molecule has 0 radical (unpaired) electrons. The predicted molar refractivity (Wildman–Crippen MR) is 69.0 cm³/mol. The molecule has 1 aromatic rings. The zero-order valence-electron chi connectivity index (χ0n) is 9.24. The van der Waals surface area contributed by atoms with E-state index in [1.54, 1.807) is 19.1 Å². The predicted octanol–water partition coefficient (Wildman–Crippen LogP) is 2.76. The van der Waals surface area contributed by atoms with Crippen LogP contribution in [0.1, 0.15) is 24.9 Å². The number of halogens is 2. The lowest BCUT2D eigenvalue weighted by atomic mass is 10.0. The molecule has 6 heteroatoms. The number of ether oxygens (including phenoxy) is 1. The van der Waals surface area contributed by atoms with Gasteiger partial charge in [-0.05, 0) is 19.1 Å². The van der Waals surface area contributed by atoms with Crippen molar-refractivity contribution in [1.29, 1.82) is 0 Å². The number of phenols is 1. The second-order valence-corrected chi connectivity index (χ2v) is 4.76. The lowest BCUT2D eigenvalue weighted by molar-refractivity contribution is -0.143. The topological polar surface area (TPSA) is 72.5 Å². The van der Waals surface area contributed by atoms with Gasteiger partial charge in [0, 0.05) is 16.1 Å². The summed E-state index contributed by atoms with van der Waals surface area (Å²) in [6.45, 7) is 2.02. The van der Waals surface area contributed by atoms with Crippen LogP contribution in [0.25, 0.3) is 0 Å². The second kappa shape index (κ2) is 6.23. The number of nitrogens with two attached hydrogens (primary N) is 1. The number of benzene rings is 1. The highest BCUT2D eigenvalue weighted by molar-refractivity contribution is 9.10. The molecule has 0 saturated carbocycles. The minimum atomic E-state index is -0.649. The van der Waals surface area contributed by atoms with Gasteiger partial charge in [-0.1, -0.05) is 27.5 Å². The zero-order chi connectivity index (χ0) is 13.0. The van der Waals surface area contributed by atoms with E-state index in [-0.39, 0.29) is 17.2 Å². The van der Waals surface area contributed by atoms with Crippen LogP contribution in [0, 0.1) is 0 Å². The first-order valence-corrected chi connectivity index (χ1v) is 6.22. The Kier molecular flexibility index (Phi) is 5.24. The number of hydrogen-bond donors (Lipinski definition) is 2. The van der Waals surface area contributed by atoms with E-state index in [2.05, 4.69) is 15.9 Å². The Labute approximate surface area is 113 Å². The van der Waals surface area contributed by atoms with Crippen LogP contribution in [0.3, 0.4) is 0 Å². The lowest BCUT2D eigenvalue weighted by Gasteiger charge is -2.14. The molecule has 4 nitrogen and oxygen atoms in total. The summed E-state index contributed by atoms with van der Waals surface area (Å²) < 4.78 is 5.48. The van der Waals surface area contributed by atoms with Crippen molar-refractivity contribution < 1.29 is 14.6 Å². The van der Waals surface area contributed by atoms with Crippen molar-refractivity contribution >= 4 is 33.5 Å². The Hall–Kier alpha value is -0.780. The maximum absolute atomic E-state index is 11.3. The summed E-state index contributed by atoms with van der Waals surface area (Å²) in [6, 6.07) is 2.53. The van der Waals surface area contributed by atoms with Gasteiger partial charge in [0.05, 0.1) is 18.1 Å². The minimum absolute atomic E-state index is 0.00577. The Bertz CT molecular complexity index is 425. The molecule has 0 fully saturated rings. The molecular formula is C11H13BrClNO3. The van der Waals surface area contributed by atoms with E-state index in [1.165, 1.54) is 0 Å². The SMILES string of the molecule is CCOC(=O)CC(N)c1cc(Br)cc(Cl)c1O. The highest BCUT2D eigenvalue weighted by Gasteiger charge is 2.18. The van der Waals surface area contributed by atoms with Gasteiger partial charge in [-0.3, -0.25) is 4.79 Å². The molecule has 1 unspecified atom stereocenters. The van der Waals surface area contributed by atoms with Crippen LogP contribution in [0.15, 0.2) is 16.6 Å². The van der Waals surface area contributed by atoms with Gasteiger partial charge in [-0.2, -0.15) is 0 Å². The first-order chi connectivity index (χ1) is 7.95. The van der Waals surface area contributed by atoms with Crippen molar-refractivity contribution in [3.05, 3.63) is 27.2 Å². The van der Waals surface area contributed by atoms with Crippen LogP contribution < -0.4 is 5.73 Å². The molecule has 94 valence electrons. The summed E-state index contributed by atoms with van der Waals surface area (Å²) >= 11 is 9.05. The first-order valence-electron chi connectivity index (χ1n) is 5.04. The molecule has 0 aromatic heterocycles. The number of phenolic OH excluding ortho intramolecular Hbond substituents is 1. The van der Waals surface area contributed by atoms with Crippen molar-refractivity contribution in [3.8, 4) is 5.75 Å². The normalized spacial score (nSPS) is 12.2. The Morgan fingerprint density at radius 1 is 1.65 bits per heavy atom. The monoisotopic (exact) mass is 321 g/mol. The van der Waals surface area contributed by atoms with E-state index in [1.807, 2.05) is 0 Å².